The van der Waals surface area contributed by atoms with E-state index in [-0.39, 0.29) is 4.90 Å². The van der Waals surface area contributed by atoms with Gasteiger partial charge in [0.05, 0.1) is 11.3 Å². The van der Waals surface area contributed by atoms with Gasteiger partial charge in [-0.3, -0.25) is 0 Å². The molecule has 1 aromatic rings. The molecule has 1 aliphatic rings. The number of hydrogen-bond acceptors (Lipinski definition) is 4. The fourth-order valence-corrected chi connectivity index (χ4v) is 4.58. The molecule has 1 saturated carbocycles. The second kappa shape index (κ2) is 6.23. The molecule has 1 heterocycles. The lowest BCUT2D eigenvalue weighted by Crippen LogP contribution is -2.36. The molecule has 0 aromatic carbocycles. The lowest BCUT2D eigenvalue weighted by Gasteiger charge is -2.16. The smallest absolute Gasteiger partial charge is 0.309 e. The first-order chi connectivity index (χ1) is 9.67. The van der Waals surface area contributed by atoms with Crippen molar-refractivity contribution in [2.75, 3.05) is 0 Å². The molecule has 0 amide bonds. The van der Waals surface area contributed by atoms with Crippen LogP contribution in [-0.2, 0) is 16.6 Å². The lowest BCUT2D eigenvalue weighted by molar-refractivity contribution is -0.137. The van der Waals surface area contributed by atoms with Crippen molar-refractivity contribution in [3.05, 3.63) is 16.3 Å². The van der Waals surface area contributed by atoms with Gasteiger partial charge < -0.3 is 5.32 Å². The zero-order valence-corrected chi connectivity index (χ0v) is 13.0. The second-order valence-electron chi connectivity index (χ2n) is 5.20. The number of alkyl halides is 3. The topological polar surface area (TPSA) is 58.2 Å². The molecule has 1 aliphatic carbocycles. The van der Waals surface area contributed by atoms with Crippen LogP contribution in [-0.4, -0.2) is 26.7 Å². The van der Waals surface area contributed by atoms with E-state index in [9.17, 15) is 21.6 Å². The number of halogens is 3. The molecule has 21 heavy (non-hydrogen) atoms. The Morgan fingerprint density at radius 1 is 1.43 bits per heavy atom. The van der Waals surface area contributed by atoms with Crippen LogP contribution in [0.4, 0.5) is 13.2 Å². The maximum Gasteiger partial charge on any atom is 0.390 e. The van der Waals surface area contributed by atoms with Crippen molar-refractivity contribution < 1.29 is 21.6 Å². The van der Waals surface area contributed by atoms with Crippen molar-refractivity contribution in [1.82, 2.24) is 10.0 Å². The van der Waals surface area contributed by atoms with E-state index in [2.05, 4.69) is 10.0 Å². The Labute approximate surface area is 125 Å². The number of sulfonamides is 1. The largest absolute Gasteiger partial charge is 0.390 e. The van der Waals surface area contributed by atoms with E-state index in [1.807, 2.05) is 0 Å². The third-order valence-corrected chi connectivity index (χ3v) is 5.74. The summed E-state index contributed by atoms with van der Waals surface area (Å²) in [6, 6.07) is 0.663. The third-order valence-electron chi connectivity index (χ3n) is 3.02. The summed E-state index contributed by atoms with van der Waals surface area (Å²) in [5, 5.41) is 4.83. The second-order valence-corrected chi connectivity index (χ2v) is 7.89. The van der Waals surface area contributed by atoms with E-state index in [1.165, 1.54) is 24.3 Å². The van der Waals surface area contributed by atoms with Crippen molar-refractivity contribution in [2.24, 2.45) is 0 Å². The van der Waals surface area contributed by atoms with E-state index in [0.29, 0.717) is 17.5 Å². The van der Waals surface area contributed by atoms with Crippen molar-refractivity contribution in [3.8, 4) is 0 Å². The molecule has 1 aromatic heterocycles. The molecule has 2 N–H and O–H groups in total. The molecular formula is C12H17F3N2O2S2. The highest BCUT2D eigenvalue weighted by atomic mass is 32.2. The highest BCUT2D eigenvalue weighted by molar-refractivity contribution is 7.89. The Bertz CT molecular complexity index is 580. The Morgan fingerprint density at radius 2 is 2.10 bits per heavy atom. The normalized spacial score (nSPS) is 17.9. The number of nitrogens with one attached hydrogen (secondary N) is 2. The standard InChI is InChI=1S/C12H17F3N2O2S2/c1-8(6-12(13,14)15)17-21(18,19)11-4-5-20-10(11)7-16-9-2-3-9/h4-5,8-9,16-17H,2-3,6-7H2,1H3. The molecule has 4 nitrogen and oxygen atoms in total. The molecule has 1 unspecified atom stereocenters. The average molecular weight is 342 g/mol. The molecule has 2 rings (SSSR count). The molecule has 0 saturated heterocycles. The molecule has 1 fully saturated rings. The van der Waals surface area contributed by atoms with Crippen molar-refractivity contribution in [1.29, 1.82) is 0 Å². The summed E-state index contributed by atoms with van der Waals surface area (Å²) in [7, 11) is -3.93. The predicted octanol–water partition coefficient (Wildman–Crippen LogP) is 2.62. The molecule has 1 atom stereocenters. The van der Waals surface area contributed by atoms with Gasteiger partial charge in [0.25, 0.3) is 0 Å². The van der Waals surface area contributed by atoms with Gasteiger partial charge in [0, 0.05) is 23.5 Å². The lowest BCUT2D eigenvalue weighted by atomic mass is 10.2. The summed E-state index contributed by atoms with van der Waals surface area (Å²) in [6.45, 7) is 1.63. The van der Waals surface area contributed by atoms with E-state index in [0.717, 1.165) is 12.8 Å². The summed E-state index contributed by atoms with van der Waals surface area (Å²) in [5.41, 5.74) is 0. The van der Waals surface area contributed by atoms with Crippen LogP contribution in [0.5, 0.6) is 0 Å². The number of thiophene rings is 1. The summed E-state index contributed by atoms with van der Waals surface area (Å²) in [4.78, 5) is 0.684. The van der Waals surface area contributed by atoms with Gasteiger partial charge in [-0.25, -0.2) is 13.1 Å². The van der Waals surface area contributed by atoms with Crippen LogP contribution in [0.1, 0.15) is 31.1 Å². The molecule has 0 radical (unpaired) electrons. The third kappa shape index (κ3) is 5.24. The molecule has 120 valence electrons. The number of hydrogen-bond donors (Lipinski definition) is 2. The van der Waals surface area contributed by atoms with Gasteiger partial charge in [0.2, 0.25) is 10.0 Å². The molecule has 9 heteroatoms. The maximum absolute atomic E-state index is 12.3. The van der Waals surface area contributed by atoms with Crippen LogP contribution in [0.2, 0.25) is 0 Å². The first-order valence-electron chi connectivity index (χ1n) is 6.56. The van der Waals surface area contributed by atoms with Gasteiger partial charge in [-0.1, -0.05) is 0 Å². The van der Waals surface area contributed by atoms with Crippen molar-refractivity contribution in [2.45, 2.75) is 55.9 Å². The van der Waals surface area contributed by atoms with Crippen LogP contribution in [0.3, 0.4) is 0 Å². The molecule has 0 bridgehead atoms. The average Bonchev–Trinajstić information content (AvgIpc) is 2.99. The van der Waals surface area contributed by atoms with Crippen LogP contribution < -0.4 is 10.0 Å². The van der Waals surface area contributed by atoms with Gasteiger partial charge in [0.1, 0.15) is 0 Å². The van der Waals surface area contributed by atoms with E-state index in [1.54, 1.807) is 5.38 Å². The maximum atomic E-state index is 12.3. The summed E-state index contributed by atoms with van der Waals surface area (Å²) in [5.74, 6) is 0. The minimum absolute atomic E-state index is 0.0645. The van der Waals surface area contributed by atoms with Gasteiger partial charge in [0.15, 0.2) is 0 Å². The summed E-state index contributed by atoms with van der Waals surface area (Å²) in [6.07, 6.45) is -3.43. The van der Waals surface area contributed by atoms with Crippen LogP contribution in [0.15, 0.2) is 16.3 Å². The Morgan fingerprint density at radius 3 is 2.67 bits per heavy atom. The van der Waals surface area contributed by atoms with E-state index < -0.39 is 28.7 Å². The van der Waals surface area contributed by atoms with Crippen LogP contribution in [0, 0.1) is 0 Å². The Kier molecular flexibility index (Phi) is 4.96. The minimum atomic E-state index is -4.40. The van der Waals surface area contributed by atoms with E-state index in [4.69, 9.17) is 0 Å². The highest BCUT2D eigenvalue weighted by Crippen LogP contribution is 2.26. The van der Waals surface area contributed by atoms with Gasteiger partial charge >= 0.3 is 6.18 Å². The summed E-state index contributed by atoms with van der Waals surface area (Å²) < 4.78 is 63.3. The van der Waals surface area contributed by atoms with E-state index >= 15 is 0 Å². The monoisotopic (exact) mass is 342 g/mol. The molecular weight excluding hydrogens is 325 g/mol. The molecule has 0 spiro atoms. The zero-order chi connectivity index (χ0) is 15.7. The van der Waals surface area contributed by atoms with Crippen molar-refractivity contribution >= 4 is 21.4 Å². The van der Waals surface area contributed by atoms with Gasteiger partial charge in [-0.15, -0.1) is 11.3 Å². The zero-order valence-electron chi connectivity index (χ0n) is 11.4. The highest BCUT2D eigenvalue weighted by Gasteiger charge is 2.32. The SMILES string of the molecule is CC(CC(F)(F)F)NS(=O)(=O)c1ccsc1CNC1CC1. The van der Waals surface area contributed by atoms with Gasteiger partial charge in [-0.05, 0) is 31.2 Å². The minimum Gasteiger partial charge on any atom is -0.309 e. The first-order valence-corrected chi connectivity index (χ1v) is 8.92. The number of rotatable bonds is 7. The van der Waals surface area contributed by atoms with Crippen LogP contribution in [0.25, 0.3) is 0 Å². The molecule has 0 aliphatic heterocycles. The van der Waals surface area contributed by atoms with Crippen molar-refractivity contribution in [3.63, 3.8) is 0 Å². The quantitative estimate of drug-likeness (QED) is 0.801. The van der Waals surface area contributed by atoms with Gasteiger partial charge in [-0.2, -0.15) is 13.2 Å². The summed E-state index contributed by atoms with van der Waals surface area (Å²) >= 11 is 1.28. The fraction of sp³-hybridized carbons (Fsp3) is 0.667. The first kappa shape index (κ1) is 16.7. The fourth-order valence-electron chi connectivity index (χ4n) is 1.94. The van der Waals surface area contributed by atoms with Crippen LogP contribution >= 0.6 is 11.3 Å². The Hall–Kier alpha value is -0.640. The Balaban J connectivity index is 2.03. The predicted molar refractivity (Wildman–Crippen MR) is 74.6 cm³/mol.